The lowest BCUT2D eigenvalue weighted by atomic mass is 9.67. The Balaban J connectivity index is 5.10. The SMILES string of the molecule is CC(C)(C)C(C(=O)OC(=O)C(O)C(O)C(=O)O)C(C)(C)C. The Kier molecular flexibility index (Phi) is 6.07. The third-order valence-electron chi connectivity index (χ3n) is 2.96. The Bertz CT molecular complexity index is 400. The van der Waals surface area contributed by atoms with E-state index in [0.29, 0.717) is 0 Å². The number of hydrogen-bond donors (Lipinski definition) is 3. The highest BCUT2D eigenvalue weighted by molar-refractivity contribution is 5.92. The maximum absolute atomic E-state index is 12.2. The summed E-state index contributed by atoms with van der Waals surface area (Å²) in [6.07, 6.45) is -4.65. The molecular weight excluding hydrogens is 280 g/mol. The fourth-order valence-corrected chi connectivity index (χ4v) is 2.49. The number of carboxylic acids is 1. The number of ether oxygens (including phenoxy) is 1. The number of aliphatic carboxylic acids is 1. The van der Waals surface area contributed by atoms with Crippen molar-refractivity contribution in [3.05, 3.63) is 0 Å². The van der Waals surface area contributed by atoms with E-state index in [1.54, 1.807) is 41.5 Å². The summed E-state index contributed by atoms with van der Waals surface area (Å²) in [4.78, 5) is 34.2. The number of aliphatic hydroxyl groups is 2. The lowest BCUT2D eigenvalue weighted by Crippen LogP contribution is -2.45. The first-order valence-corrected chi connectivity index (χ1v) is 6.54. The molecule has 0 heterocycles. The van der Waals surface area contributed by atoms with Gasteiger partial charge in [-0.3, -0.25) is 4.79 Å². The molecule has 0 aromatic rings. The van der Waals surface area contributed by atoms with E-state index >= 15 is 0 Å². The third-order valence-corrected chi connectivity index (χ3v) is 2.96. The van der Waals surface area contributed by atoms with Crippen molar-refractivity contribution >= 4 is 17.9 Å². The van der Waals surface area contributed by atoms with Gasteiger partial charge < -0.3 is 20.1 Å². The van der Waals surface area contributed by atoms with E-state index in [2.05, 4.69) is 4.74 Å². The minimum Gasteiger partial charge on any atom is -0.479 e. The van der Waals surface area contributed by atoms with Gasteiger partial charge in [0.1, 0.15) is 0 Å². The van der Waals surface area contributed by atoms with Gasteiger partial charge in [-0.15, -0.1) is 0 Å². The van der Waals surface area contributed by atoms with E-state index in [1.807, 2.05) is 0 Å². The highest BCUT2D eigenvalue weighted by atomic mass is 16.6. The summed E-state index contributed by atoms with van der Waals surface area (Å²) in [5.74, 6) is -4.79. The molecule has 0 bridgehead atoms. The molecule has 2 unspecified atom stereocenters. The molecule has 3 N–H and O–H groups in total. The number of carboxylic acid groups (broad SMARTS) is 1. The van der Waals surface area contributed by atoms with Crippen molar-refractivity contribution in [1.29, 1.82) is 0 Å². The molecule has 21 heavy (non-hydrogen) atoms. The van der Waals surface area contributed by atoms with Gasteiger partial charge in [0.2, 0.25) is 0 Å². The van der Waals surface area contributed by atoms with Gasteiger partial charge in [-0.25, -0.2) is 9.59 Å². The van der Waals surface area contributed by atoms with Crippen molar-refractivity contribution in [3.63, 3.8) is 0 Å². The molecule has 7 nitrogen and oxygen atoms in total. The summed E-state index contributed by atoms with van der Waals surface area (Å²) < 4.78 is 4.55. The number of carbonyl (C=O) groups excluding carboxylic acids is 2. The van der Waals surface area contributed by atoms with Gasteiger partial charge in [-0.05, 0) is 10.8 Å². The molecule has 0 amide bonds. The average molecular weight is 304 g/mol. The lowest BCUT2D eigenvalue weighted by molar-refractivity contribution is -0.181. The van der Waals surface area contributed by atoms with Crippen LogP contribution in [-0.2, 0) is 19.1 Å². The van der Waals surface area contributed by atoms with Crippen molar-refractivity contribution in [3.8, 4) is 0 Å². The Labute approximate surface area is 123 Å². The van der Waals surface area contributed by atoms with E-state index in [0.717, 1.165) is 0 Å². The summed E-state index contributed by atoms with van der Waals surface area (Å²) in [5, 5.41) is 26.9. The van der Waals surface area contributed by atoms with Crippen LogP contribution in [0.25, 0.3) is 0 Å². The zero-order valence-electron chi connectivity index (χ0n) is 13.2. The molecule has 2 atom stereocenters. The fourth-order valence-electron chi connectivity index (χ4n) is 2.49. The van der Waals surface area contributed by atoms with Crippen molar-refractivity contribution in [1.82, 2.24) is 0 Å². The van der Waals surface area contributed by atoms with Gasteiger partial charge in [-0.2, -0.15) is 0 Å². The monoisotopic (exact) mass is 304 g/mol. The summed E-state index contributed by atoms with van der Waals surface area (Å²) in [7, 11) is 0. The minimum absolute atomic E-state index is 0.508. The van der Waals surface area contributed by atoms with Gasteiger partial charge in [0, 0.05) is 0 Å². The zero-order chi connectivity index (χ0) is 17.2. The molecule has 0 aliphatic rings. The number of hydrogen-bond acceptors (Lipinski definition) is 6. The standard InChI is InChI=1S/C14H24O7/c1-13(2,3)9(14(4,5)6)12(20)21-11(19)8(16)7(15)10(17)18/h7-9,15-16H,1-6H3,(H,17,18). The molecule has 0 spiro atoms. The Hall–Kier alpha value is -1.47. The molecule has 0 fully saturated rings. The normalized spacial score (nSPS) is 15.5. The number of esters is 2. The van der Waals surface area contributed by atoms with Crippen LogP contribution in [0.15, 0.2) is 0 Å². The first-order chi connectivity index (χ1) is 9.19. The van der Waals surface area contributed by atoms with Gasteiger partial charge >= 0.3 is 17.9 Å². The summed E-state index contributed by atoms with van der Waals surface area (Å²) >= 11 is 0. The molecule has 0 aliphatic carbocycles. The van der Waals surface area contributed by atoms with Crippen molar-refractivity contribution in [2.75, 3.05) is 0 Å². The molecule has 0 aromatic carbocycles. The second kappa shape index (κ2) is 6.53. The highest BCUT2D eigenvalue weighted by Gasteiger charge is 2.43. The maximum Gasteiger partial charge on any atom is 0.346 e. The lowest BCUT2D eigenvalue weighted by Gasteiger charge is -2.38. The number of carbonyl (C=O) groups is 3. The van der Waals surface area contributed by atoms with Gasteiger partial charge in [0.15, 0.2) is 12.2 Å². The van der Waals surface area contributed by atoms with Crippen LogP contribution in [0, 0.1) is 16.7 Å². The van der Waals surface area contributed by atoms with Crippen LogP contribution in [0.1, 0.15) is 41.5 Å². The van der Waals surface area contributed by atoms with Crippen LogP contribution in [0.4, 0.5) is 0 Å². The molecule has 0 aliphatic heterocycles. The zero-order valence-corrected chi connectivity index (χ0v) is 13.2. The predicted octanol–water partition coefficient (Wildman–Crippen LogP) is 0.571. The Morgan fingerprint density at radius 3 is 1.48 bits per heavy atom. The van der Waals surface area contributed by atoms with Crippen molar-refractivity contribution in [2.45, 2.75) is 53.8 Å². The molecule has 122 valence electrons. The van der Waals surface area contributed by atoms with Crippen molar-refractivity contribution in [2.24, 2.45) is 16.7 Å². The van der Waals surface area contributed by atoms with Crippen LogP contribution in [0.3, 0.4) is 0 Å². The van der Waals surface area contributed by atoms with E-state index in [9.17, 15) is 19.5 Å². The minimum atomic E-state index is -2.34. The second-order valence-corrected chi connectivity index (χ2v) is 7.13. The van der Waals surface area contributed by atoms with E-state index in [4.69, 9.17) is 10.2 Å². The van der Waals surface area contributed by atoms with E-state index in [-0.39, 0.29) is 0 Å². The predicted molar refractivity (Wildman–Crippen MR) is 73.1 cm³/mol. The topological polar surface area (TPSA) is 121 Å². The first kappa shape index (κ1) is 19.5. The number of aliphatic hydroxyl groups excluding tert-OH is 2. The molecule has 0 saturated heterocycles. The van der Waals surface area contributed by atoms with Crippen LogP contribution in [-0.4, -0.2) is 45.4 Å². The third kappa shape index (κ3) is 5.43. The average Bonchev–Trinajstić information content (AvgIpc) is 2.22. The second-order valence-electron chi connectivity index (χ2n) is 7.13. The van der Waals surface area contributed by atoms with Crippen LogP contribution >= 0.6 is 0 Å². The quantitative estimate of drug-likeness (QED) is 0.513. The molecule has 0 saturated carbocycles. The van der Waals surface area contributed by atoms with E-state index < -0.39 is 46.9 Å². The van der Waals surface area contributed by atoms with Gasteiger partial charge in [0.25, 0.3) is 0 Å². The van der Waals surface area contributed by atoms with Gasteiger partial charge in [-0.1, -0.05) is 41.5 Å². The van der Waals surface area contributed by atoms with Crippen molar-refractivity contribution < 1.29 is 34.4 Å². The molecule has 0 rings (SSSR count). The Morgan fingerprint density at radius 2 is 1.19 bits per heavy atom. The van der Waals surface area contributed by atoms with E-state index in [1.165, 1.54) is 0 Å². The highest BCUT2D eigenvalue weighted by Crippen LogP contribution is 2.40. The molecule has 0 aromatic heterocycles. The Morgan fingerprint density at radius 1 is 0.810 bits per heavy atom. The summed E-state index contributed by atoms with van der Waals surface area (Å²) in [6, 6.07) is 0. The number of rotatable bonds is 4. The van der Waals surface area contributed by atoms with Crippen LogP contribution in [0.2, 0.25) is 0 Å². The maximum atomic E-state index is 12.2. The van der Waals surface area contributed by atoms with Crippen LogP contribution < -0.4 is 0 Å². The summed E-state index contributed by atoms with van der Waals surface area (Å²) in [5.41, 5.74) is -1.02. The molecule has 7 heteroatoms. The summed E-state index contributed by atoms with van der Waals surface area (Å²) in [6.45, 7) is 10.8. The van der Waals surface area contributed by atoms with Gasteiger partial charge in [0.05, 0.1) is 5.92 Å². The molecular formula is C14H24O7. The smallest absolute Gasteiger partial charge is 0.346 e. The fraction of sp³-hybridized carbons (Fsp3) is 0.786. The largest absolute Gasteiger partial charge is 0.479 e. The van der Waals surface area contributed by atoms with Crippen LogP contribution in [0.5, 0.6) is 0 Å². The first-order valence-electron chi connectivity index (χ1n) is 6.54. The molecule has 0 radical (unpaired) electrons.